The quantitative estimate of drug-likeness (QED) is 0.384. The van der Waals surface area contributed by atoms with Crippen molar-refractivity contribution in [2.24, 2.45) is 0 Å². The van der Waals surface area contributed by atoms with Crippen LogP contribution in [0.2, 0.25) is 5.02 Å². The van der Waals surface area contributed by atoms with Crippen LogP contribution in [-0.2, 0) is 16.2 Å². The molecular weight excluding hydrogens is 424 g/mol. The molecule has 0 aliphatic carbocycles. The van der Waals surface area contributed by atoms with Gasteiger partial charge in [-0.05, 0) is 48.5 Å². The van der Waals surface area contributed by atoms with E-state index in [0.717, 1.165) is 5.56 Å². The van der Waals surface area contributed by atoms with Gasteiger partial charge in [0, 0.05) is 14.1 Å². The zero-order valence-electron chi connectivity index (χ0n) is 16.8. The maximum absolute atomic E-state index is 12.6. The van der Waals surface area contributed by atoms with E-state index in [1.165, 1.54) is 30.0 Å². The smallest absolute Gasteiger partial charge is 0.265 e. The molecule has 0 N–H and O–H groups in total. The van der Waals surface area contributed by atoms with Crippen molar-refractivity contribution < 1.29 is 19.1 Å². The molecule has 0 unspecified atom stereocenters. The summed E-state index contributed by atoms with van der Waals surface area (Å²) in [6.07, 6.45) is 1.48. The summed E-state index contributed by atoms with van der Waals surface area (Å²) in [6.45, 7) is 2.57. The summed E-state index contributed by atoms with van der Waals surface area (Å²) in [6, 6.07) is 13.0. The molecule has 30 heavy (non-hydrogen) atoms. The molecule has 1 heterocycles. The van der Waals surface area contributed by atoms with Crippen LogP contribution in [0.15, 0.2) is 48.0 Å². The number of ether oxygens (including phenoxy) is 2. The van der Waals surface area contributed by atoms with E-state index >= 15 is 0 Å². The first-order chi connectivity index (χ1) is 14.3. The standard InChI is InChI=1S/C22H21ClN2O4S/c1-4-28-18-12-15(10-16-20(26)24(2)22(30)25(3)21(16)27)11-17(23)19(18)29-13-14-8-6-5-7-9-14/h5-12H,4,13H2,1-3H3. The van der Waals surface area contributed by atoms with E-state index in [1.54, 1.807) is 12.1 Å². The van der Waals surface area contributed by atoms with E-state index < -0.39 is 11.8 Å². The summed E-state index contributed by atoms with van der Waals surface area (Å²) in [5.41, 5.74) is 1.52. The second-order valence-electron chi connectivity index (χ2n) is 6.61. The molecule has 2 aromatic rings. The van der Waals surface area contributed by atoms with Crippen molar-refractivity contribution in [1.29, 1.82) is 0 Å². The number of rotatable bonds is 6. The van der Waals surface area contributed by atoms with Gasteiger partial charge in [-0.25, -0.2) is 0 Å². The van der Waals surface area contributed by atoms with Crippen LogP contribution in [0.3, 0.4) is 0 Å². The fraction of sp³-hybridized carbons (Fsp3) is 0.227. The average Bonchev–Trinajstić information content (AvgIpc) is 2.74. The Balaban J connectivity index is 1.94. The zero-order valence-corrected chi connectivity index (χ0v) is 18.4. The fourth-order valence-electron chi connectivity index (χ4n) is 2.95. The van der Waals surface area contributed by atoms with Crippen molar-refractivity contribution in [3.05, 3.63) is 64.2 Å². The van der Waals surface area contributed by atoms with Gasteiger partial charge < -0.3 is 9.47 Å². The molecule has 2 amide bonds. The number of benzene rings is 2. The highest BCUT2D eigenvalue weighted by Crippen LogP contribution is 2.38. The molecule has 0 atom stereocenters. The number of nitrogens with zero attached hydrogens (tertiary/aromatic N) is 2. The van der Waals surface area contributed by atoms with E-state index in [9.17, 15) is 9.59 Å². The molecule has 156 valence electrons. The van der Waals surface area contributed by atoms with Crippen molar-refractivity contribution in [2.75, 3.05) is 20.7 Å². The first-order valence-corrected chi connectivity index (χ1v) is 10.1. The lowest BCUT2D eigenvalue weighted by atomic mass is 10.1. The molecule has 1 aliphatic heterocycles. The van der Waals surface area contributed by atoms with E-state index in [1.807, 2.05) is 37.3 Å². The van der Waals surface area contributed by atoms with Gasteiger partial charge >= 0.3 is 0 Å². The van der Waals surface area contributed by atoms with E-state index in [0.29, 0.717) is 35.3 Å². The van der Waals surface area contributed by atoms with Gasteiger partial charge in [-0.1, -0.05) is 41.9 Å². The van der Waals surface area contributed by atoms with Gasteiger partial charge in [0.05, 0.1) is 11.6 Å². The average molecular weight is 445 g/mol. The Morgan fingerprint density at radius 2 is 1.67 bits per heavy atom. The number of hydrogen-bond donors (Lipinski definition) is 0. The molecule has 1 aliphatic rings. The van der Waals surface area contributed by atoms with Crippen molar-refractivity contribution in [3.8, 4) is 11.5 Å². The van der Waals surface area contributed by atoms with Crippen LogP contribution < -0.4 is 9.47 Å². The maximum atomic E-state index is 12.6. The Morgan fingerprint density at radius 3 is 2.27 bits per heavy atom. The number of hydrogen-bond acceptors (Lipinski definition) is 5. The van der Waals surface area contributed by atoms with Gasteiger partial charge in [0.2, 0.25) is 0 Å². The Labute approximate surface area is 185 Å². The topological polar surface area (TPSA) is 59.1 Å². The predicted octanol–water partition coefficient (Wildman–Crippen LogP) is 3.92. The largest absolute Gasteiger partial charge is 0.490 e. The van der Waals surface area contributed by atoms with Crippen LogP contribution in [0.5, 0.6) is 11.5 Å². The monoisotopic (exact) mass is 444 g/mol. The fourth-order valence-corrected chi connectivity index (χ4v) is 3.39. The molecule has 8 heteroatoms. The molecule has 3 rings (SSSR count). The molecule has 1 fully saturated rings. The molecule has 0 saturated carbocycles. The number of halogens is 1. The Bertz CT molecular complexity index is 997. The lowest BCUT2D eigenvalue weighted by molar-refractivity contribution is -0.132. The Hall–Kier alpha value is -2.90. The molecule has 0 aromatic heterocycles. The molecule has 1 saturated heterocycles. The molecule has 0 bridgehead atoms. The highest BCUT2D eigenvalue weighted by Gasteiger charge is 2.35. The Kier molecular flexibility index (Phi) is 6.74. The van der Waals surface area contributed by atoms with Crippen LogP contribution in [0.4, 0.5) is 0 Å². The molecule has 2 aromatic carbocycles. The third kappa shape index (κ3) is 4.47. The number of thiocarbonyl (C=S) groups is 1. The van der Waals surface area contributed by atoms with Crippen molar-refractivity contribution in [1.82, 2.24) is 9.80 Å². The van der Waals surface area contributed by atoms with Crippen LogP contribution in [0.25, 0.3) is 6.08 Å². The third-order valence-corrected chi connectivity index (χ3v) is 5.34. The van der Waals surface area contributed by atoms with Crippen LogP contribution in [0, 0.1) is 0 Å². The van der Waals surface area contributed by atoms with E-state index in [-0.39, 0.29) is 10.7 Å². The van der Waals surface area contributed by atoms with Crippen molar-refractivity contribution in [3.63, 3.8) is 0 Å². The molecular formula is C22H21ClN2O4S. The SMILES string of the molecule is CCOc1cc(C=C2C(=O)N(C)C(=S)N(C)C2=O)cc(Cl)c1OCc1ccccc1. The number of carbonyl (C=O) groups is 2. The summed E-state index contributed by atoms with van der Waals surface area (Å²) in [5, 5.41) is 0.469. The highest BCUT2D eigenvalue weighted by atomic mass is 35.5. The Morgan fingerprint density at radius 1 is 1.03 bits per heavy atom. The molecule has 0 spiro atoms. The molecule has 0 radical (unpaired) electrons. The second-order valence-corrected chi connectivity index (χ2v) is 7.38. The lowest BCUT2D eigenvalue weighted by Gasteiger charge is -2.31. The predicted molar refractivity (Wildman–Crippen MR) is 120 cm³/mol. The summed E-state index contributed by atoms with van der Waals surface area (Å²) in [4.78, 5) is 27.6. The first-order valence-electron chi connectivity index (χ1n) is 9.28. The summed E-state index contributed by atoms with van der Waals surface area (Å²) < 4.78 is 11.6. The number of likely N-dealkylation sites (N-methyl/N-ethyl adjacent to an activating group) is 2. The summed E-state index contributed by atoms with van der Waals surface area (Å²) in [7, 11) is 3.06. The van der Waals surface area contributed by atoms with Crippen molar-refractivity contribution in [2.45, 2.75) is 13.5 Å². The molecule has 6 nitrogen and oxygen atoms in total. The van der Waals surface area contributed by atoms with Crippen LogP contribution in [0.1, 0.15) is 18.1 Å². The summed E-state index contributed by atoms with van der Waals surface area (Å²) >= 11 is 11.6. The maximum Gasteiger partial charge on any atom is 0.265 e. The van der Waals surface area contributed by atoms with Gasteiger partial charge in [0.1, 0.15) is 12.2 Å². The van der Waals surface area contributed by atoms with E-state index in [4.69, 9.17) is 33.3 Å². The van der Waals surface area contributed by atoms with Crippen molar-refractivity contribution >= 4 is 46.8 Å². The van der Waals surface area contributed by atoms with Crippen LogP contribution in [-0.4, -0.2) is 47.4 Å². The minimum absolute atomic E-state index is 0.00920. The zero-order chi connectivity index (χ0) is 21.8. The minimum atomic E-state index is -0.471. The number of amides is 2. The van der Waals surface area contributed by atoms with Gasteiger partial charge in [0.25, 0.3) is 11.8 Å². The summed E-state index contributed by atoms with van der Waals surface area (Å²) in [5.74, 6) is -0.106. The van der Waals surface area contributed by atoms with Gasteiger partial charge in [-0.3, -0.25) is 19.4 Å². The van der Waals surface area contributed by atoms with E-state index in [2.05, 4.69) is 0 Å². The van der Waals surface area contributed by atoms with Crippen LogP contribution >= 0.6 is 23.8 Å². The second kappa shape index (κ2) is 9.28. The van der Waals surface area contributed by atoms with Gasteiger partial charge in [-0.2, -0.15) is 0 Å². The van der Waals surface area contributed by atoms with Gasteiger partial charge in [-0.15, -0.1) is 0 Å². The minimum Gasteiger partial charge on any atom is -0.490 e. The lowest BCUT2D eigenvalue weighted by Crippen LogP contribution is -2.52. The highest BCUT2D eigenvalue weighted by molar-refractivity contribution is 7.80. The third-order valence-electron chi connectivity index (χ3n) is 4.51. The normalized spacial score (nSPS) is 14.3. The first kappa shape index (κ1) is 21.8. The number of carbonyl (C=O) groups excluding carboxylic acids is 2. The van der Waals surface area contributed by atoms with Gasteiger partial charge in [0.15, 0.2) is 16.6 Å².